The zero-order valence-corrected chi connectivity index (χ0v) is 19.9. The highest BCUT2D eigenvalue weighted by molar-refractivity contribution is 14.0. The number of nitrogens with zero attached hydrogens (tertiary/aromatic N) is 4. The predicted molar refractivity (Wildman–Crippen MR) is 125 cm³/mol. The summed E-state index contributed by atoms with van der Waals surface area (Å²) in [7, 11) is 0. The molecule has 0 spiro atoms. The van der Waals surface area contributed by atoms with E-state index in [2.05, 4.69) is 59.0 Å². The largest absolute Gasteiger partial charge is 0.357 e. The van der Waals surface area contributed by atoms with Crippen molar-refractivity contribution in [2.45, 2.75) is 66.0 Å². The van der Waals surface area contributed by atoms with Crippen molar-refractivity contribution in [1.82, 2.24) is 25.1 Å². The van der Waals surface area contributed by atoms with Crippen LogP contribution in [0.1, 0.15) is 52.3 Å². The summed E-state index contributed by atoms with van der Waals surface area (Å²) < 4.78 is 2.21. The number of nitrogens with one attached hydrogen (secondary N) is 2. The molecular weight excluding hydrogens is 451 g/mol. The molecule has 0 aliphatic carbocycles. The standard InChI is InChI=1S/C20H38N6.HI/c1-5-21-20(23-10-6-7-12-26-15-11-22-18(26)4)24-19-8-13-25(14-9-19)16-17(2)3;/h11,15,17,19H,5-10,12-14,16H2,1-4H3,(H2,21,23,24);1H. The van der Waals surface area contributed by atoms with Gasteiger partial charge in [0.25, 0.3) is 0 Å². The summed E-state index contributed by atoms with van der Waals surface area (Å²) in [5.74, 6) is 2.82. The number of halogens is 1. The van der Waals surface area contributed by atoms with Crippen molar-refractivity contribution in [3.05, 3.63) is 18.2 Å². The van der Waals surface area contributed by atoms with Gasteiger partial charge in [-0.3, -0.25) is 4.99 Å². The number of aliphatic imine (C=N–C) groups is 1. The molecule has 1 aliphatic rings. The van der Waals surface area contributed by atoms with E-state index in [1.165, 1.54) is 32.5 Å². The number of rotatable bonds is 9. The van der Waals surface area contributed by atoms with E-state index >= 15 is 0 Å². The normalized spacial score (nSPS) is 16.4. The molecule has 1 aromatic rings. The molecule has 1 aromatic heterocycles. The Hall–Kier alpha value is -0.830. The van der Waals surface area contributed by atoms with Crippen LogP contribution in [0.2, 0.25) is 0 Å². The number of hydrogen-bond acceptors (Lipinski definition) is 3. The molecule has 0 amide bonds. The SMILES string of the molecule is CCNC(=NCCCCn1ccnc1C)NC1CCN(CC(C)C)CC1.I. The quantitative estimate of drug-likeness (QED) is 0.242. The predicted octanol–water partition coefficient (Wildman–Crippen LogP) is 3.27. The van der Waals surface area contributed by atoms with Crippen molar-refractivity contribution >= 4 is 29.9 Å². The van der Waals surface area contributed by atoms with Gasteiger partial charge in [0.15, 0.2) is 5.96 Å². The van der Waals surface area contributed by atoms with E-state index in [-0.39, 0.29) is 24.0 Å². The monoisotopic (exact) mass is 490 g/mol. The lowest BCUT2D eigenvalue weighted by molar-refractivity contribution is 0.187. The molecule has 1 fully saturated rings. The fraction of sp³-hybridized carbons (Fsp3) is 0.800. The molecule has 1 aliphatic heterocycles. The lowest BCUT2D eigenvalue weighted by Gasteiger charge is -2.34. The maximum absolute atomic E-state index is 4.77. The third-order valence-corrected chi connectivity index (χ3v) is 4.90. The molecule has 6 nitrogen and oxygen atoms in total. The number of likely N-dealkylation sites (tertiary alicyclic amines) is 1. The Morgan fingerprint density at radius 2 is 2.04 bits per heavy atom. The number of aryl methyl sites for hydroxylation is 2. The van der Waals surface area contributed by atoms with Gasteiger partial charge in [-0.1, -0.05) is 13.8 Å². The summed E-state index contributed by atoms with van der Waals surface area (Å²) in [6, 6.07) is 0.546. The summed E-state index contributed by atoms with van der Waals surface area (Å²) in [5, 5.41) is 7.04. The van der Waals surface area contributed by atoms with E-state index in [9.17, 15) is 0 Å². The minimum atomic E-state index is 0. The van der Waals surface area contributed by atoms with Crippen LogP contribution in [0, 0.1) is 12.8 Å². The molecule has 0 unspecified atom stereocenters. The second-order valence-electron chi connectivity index (χ2n) is 7.75. The van der Waals surface area contributed by atoms with Crippen LogP contribution in [0.15, 0.2) is 17.4 Å². The third-order valence-electron chi connectivity index (χ3n) is 4.90. The molecule has 27 heavy (non-hydrogen) atoms. The van der Waals surface area contributed by atoms with Crippen molar-refractivity contribution in [3.63, 3.8) is 0 Å². The second kappa shape index (κ2) is 13.4. The Labute approximate surface area is 182 Å². The van der Waals surface area contributed by atoms with Gasteiger partial charge in [0.2, 0.25) is 0 Å². The lowest BCUT2D eigenvalue weighted by Crippen LogP contribution is -2.49. The van der Waals surface area contributed by atoms with Gasteiger partial charge < -0.3 is 20.1 Å². The number of piperidine rings is 1. The van der Waals surface area contributed by atoms with E-state index in [1.807, 2.05) is 6.20 Å². The van der Waals surface area contributed by atoms with Crippen LogP contribution in [0.3, 0.4) is 0 Å². The number of imidazole rings is 1. The van der Waals surface area contributed by atoms with Gasteiger partial charge >= 0.3 is 0 Å². The molecule has 156 valence electrons. The Morgan fingerprint density at radius 1 is 1.30 bits per heavy atom. The third kappa shape index (κ3) is 9.27. The highest BCUT2D eigenvalue weighted by Gasteiger charge is 2.20. The summed E-state index contributed by atoms with van der Waals surface area (Å²) in [6.07, 6.45) is 8.56. The second-order valence-corrected chi connectivity index (χ2v) is 7.75. The molecule has 1 saturated heterocycles. The first-order valence-corrected chi connectivity index (χ1v) is 10.3. The van der Waals surface area contributed by atoms with Crippen LogP contribution in [0.5, 0.6) is 0 Å². The fourth-order valence-corrected chi connectivity index (χ4v) is 3.51. The van der Waals surface area contributed by atoms with Crippen molar-refractivity contribution in [3.8, 4) is 0 Å². The minimum Gasteiger partial charge on any atom is -0.357 e. The van der Waals surface area contributed by atoms with Crippen LogP contribution >= 0.6 is 24.0 Å². The number of hydrogen-bond donors (Lipinski definition) is 2. The maximum atomic E-state index is 4.77. The Kier molecular flexibility index (Phi) is 12.0. The van der Waals surface area contributed by atoms with Gasteiger partial charge in [0, 0.05) is 57.7 Å². The Bertz CT molecular complexity index is 534. The van der Waals surface area contributed by atoms with Crippen LogP contribution in [0.4, 0.5) is 0 Å². The van der Waals surface area contributed by atoms with E-state index in [1.54, 1.807) is 0 Å². The molecule has 0 aromatic carbocycles. The van der Waals surface area contributed by atoms with Crippen LogP contribution in [-0.2, 0) is 6.54 Å². The molecule has 0 radical (unpaired) electrons. The van der Waals surface area contributed by atoms with Crippen LogP contribution in [-0.4, -0.2) is 59.2 Å². The first-order chi connectivity index (χ1) is 12.6. The van der Waals surface area contributed by atoms with Crippen LogP contribution < -0.4 is 10.6 Å². The smallest absolute Gasteiger partial charge is 0.191 e. The first-order valence-electron chi connectivity index (χ1n) is 10.3. The van der Waals surface area contributed by atoms with E-state index < -0.39 is 0 Å². The van der Waals surface area contributed by atoms with Gasteiger partial charge in [0.05, 0.1) is 0 Å². The van der Waals surface area contributed by atoms with E-state index in [0.29, 0.717) is 6.04 Å². The van der Waals surface area contributed by atoms with E-state index in [4.69, 9.17) is 4.99 Å². The van der Waals surface area contributed by atoms with Crippen molar-refractivity contribution < 1.29 is 0 Å². The van der Waals surface area contributed by atoms with Gasteiger partial charge in [-0.25, -0.2) is 4.98 Å². The molecule has 0 atom stereocenters. The number of unbranched alkanes of at least 4 members (excludes halogenated alkanes) is 1. The number of guanidine groups is 1. The average Bonchev–Trinajstić information content (AvgIpc) is 3.01. The van der Waals surface area contributed by atoms with Crippen LogP contribution in [0.25, 0.3) is 0 Å². The van der Waals surface area contributed by atoms with Gasteiger partial charge in [-0.15, -0.1) is 24.0 Å². The number of aromatic nitrogens is 2. The fourth-order valence-electron chi connectivity index (χ4n) is 3.51. The summed E-state index contributed by atoms with van der Waals surface area (Å²) in [4.78, 5) is 11.6. The highest BCUT2D eigenvalue weighted by Crippen LogP contribution is 2.12. The van der Waals surface area contributed by atoms with Crippen molar-refractivity contribution in [2.75, 3.05) is 32.7 Å². The maximum Gasteiger partial charge on any atom is 0.191 e. The molecule has 2 N–H and O–H groups in total. The lowest BCUT2D eigenvalue weighted by atomic mass is 10.0. The molecule has 2 heterocycles. The van der Waals surface area contributed by atoms with Crippen molar-refractivity contribution in [1.29, 1.82) is 0 Å². The van der Waals surface area contributed by atoms with Gasteiger partial charge in [-0.2, -0.15) is 0 Å². The molecule has 7 heteroatoms. The van der Waals surface area contributed by atoms with Crippen molar-refractivity contribution in [2.24, 2.45) is 10.9 Å². The molecule has 0 bridgehead atoms. The summed E-state index contributed by atoms with van der Waals surface area (Å²) in [5.41, 5.74) is 0. The minimum absolute atomic E-state index is 0. The Morgan fingerprint density at radius 3 is 2.63 bits per heavy atom. The van der Waals surface area contributed by atoms with Gasteiger partial charge in [0.1, 0.15) is 5.82 Å². The highest BCUT2D eigenvalue weighted by atomic mass is 127. The Balaban J connectivity index is 0.00000364. The zero-order chi connectivity index (χ0) is 18.8. The molecular formula is C20H39IN6. The van der Waals surface area contributed by atoms with E-state index in [0.717, 1.165) is 50.2 Å². The summed E-state index contributed by atoms with van der Waals surface area (Å²) in [6.45, 7) is 15.2. The van der Waals surface area contributed by atoms with Gasteiger partial charge in [-0.05, 0) is 45.4 Å². The first kappa shape index (κ1) is 24.2. The molecule has 0 saturated carbocycles. The molecule has 2 rings (SSSR count). The zero-order valence-electron chi connectivity index (χ0n) is 17.6. The summed E-state index contributed by atoms with van der Waals surface area (Å²) >= 11 is 0. The average molecular weight is 490 g/mol. The topological polar surface area (TPSA) is 57.5 Å².